The Kier molecular flexibility index (Phi) is 3.66. The summed E-state index contributed by atoms with van der Waals surface area (Å²) in [4.78, 5) is 10.2. The molecule has 0 fully saturated rings. The maximum atomic E-state index is 10.7. The van der Waals surface area contributed by atoms with E-state index < -0.39 is 4.92 Å². The number of methoxy groups -OCH3 is 1. The van der Waals surface area contributed by atoms with Crippen molar-refractivity contribution in [1.29, 1.82) is 0 Å². The van der Waals surface area contributed by atoms with Gasteiger partial charge in [-0.2, -0.15) is 0 Å². The van der Waals surface area contributed by atoms with Crippen LogP contribution in [0.1, 0.15) is 5.56 Å². The van der Waals surface area contributed by atoms with Gasteiger partial charge in [0.25, 0.3) is 5.69 Å². The second-order valence-electron chi connectivity index (χ2n) is 3.96. The van der Waals surface area contributed by atoms with E-state index in [-0.39, 0.29) is 5.69 Å². The standard InChI is InChI=1S/C14H13NO4/c1-10-9-11(15(16)17)7-8-12(10)19-14-6-4-3-5-13(14)18-2/h3-9H,1-2H3. The first-order valence-electron chi connectivity index (χ1n) is 5.67. The molecule has 0 spiro atoms. The summed E-state index contributed by atoms with van der Waals surface area (Å²) in [6.45, 7) is 1.76. The van der Waals surface area contributed by atoms with E-state index in [0.29, 0.717) is 22.8 Å². The van der Waals surface area contributed by atoms with Gasteiger partial charge in [-0.25, -0.2) is 0 Å². The van der Waals surface area contributed by atoms with E-state index >= 15 is 0 Å². The van der Waals surface area contributed by atoms with Crippen LogP contribution < -0.4 is 9.47 Å². The monoisotopic (exact) mass is 259 g/mol. The summed E-state index contributed by atoms with van der Waals surface area (Å²) < 4.78 is 10.9. The van der Waals surface area contributed by atoms with Crippen LogP contribution in [0.4, 0.5) is 5.69 Å². The lowest BCUT2D eigenvalue weighted by molar-refractivity contribution is -0.384. The van der Waals surface area contributed by atoms with Gasteiger partial charge in [0.1, 0.15) is 5.75 Å². The van der Waals surface area contributed by atoms with Crippen molar-refractivity contribution in [3.05, 3.63) is 58.1 Å². The average Bonchev–Trinajstić information content (AvgIpc) is 2.41. The lowest BCUT2D eigenvalue weighted by atomic mass is 10.2. The van der Waals surface area contributed by atoms with Gasteiger partial charge in [0.05, 0.1) is 12.0 Å². The Morgan fingerprint density at radius 3 is 2.32 bits per heavy atom. The number of ether oxygens (including phenoxy) is 2. The van der Waals surface area contributed by atoms with E-state index in [2.05, 4.69) is 0 Å². The van der Waals surface area contributed by atoms with Gasteiger partial charge in [0.15, 0.2) is 11.5 Å². The molecule has 0 saturated carbocycles. The first kappa shape index (κ1) is 12.9. The summed E-state index contributed by atoms with van der Waals surface area (Å²) in [5.74, 6) is 1.75. The molecule has 5 heteroatoms. The zero-order chi connectivity index (χ0) is 13.8. The van der Waals surface area contributed by atoms with Crippen LogP contribution in [0.15, 0.2) is 42.5 Å². The molecule has 19 heavy (non-hydrogen) atoms. The number of aryl methyl sites for hydroxylation is 1. The summed E-state index contributed by atoms with van der Waals surface area (Å²) >= 11 is 0. The molecule has 0 saturated heterocycles. The van der Waals surface area contributed by atoms with Crippen molar-refractivity contribution in [2.75, 3.05) is 7.11 Å². The molecule has 2 aromatic carbocycles. The van der Waals surface area contributed by atoms with Gasteiger partial charge in [0, 0.05) is 12.1 Å². The average molecular weight is 259 g/mol. The van der Waals surface area contributed by atoms with E-state index in [1.165, 1.54) is 12.1 Å². The molecule has 0 bridgehead atoms. The van der Waals surface area contributed by atoms with Crippen LogP contribution in [0.3, 0.4) is 0 Å². The molecule has 2 rings (SSSR count). The Labute approximate surface area is 110 Å². The fraction of sp³-hybridized carbons (Fsp3) is 0.143. The molecule has 0 atom stereocenters. The van der Waals surface area contributed by atoms with Crippen molar-refractivity contribution in [3.63, 3.8) is 0 Å². The molecule has 0 radical (unpaired) electrons. The Balaban J connectivity index is 2.31. The van der Waals surface area contributed by atoms with E-state index in [1.54, 1.807) is 32.2 Å². The molecule has 98 valence electrons. The molecule has 0 heterocycles. The quantitative estimate of drug-likeness (QED) is 0.620. The molecule has 0 unspecified atom stereocenters. The zero-order valence-corrected chi connectivity index (χ0v) is 10.6. The summed E-state index contributed by atoms with van der Waals surface area (Å²) in [6, 6.07) is 11.7. The van der Waals surface area contributed by atoms with Gasteiger partial charge < -0.3 is 9.47 Å². The van der Waals surface area contributed by atoms with Gasteiger partial charge in [-0.15, -0.1) is 0 Å². The second kappa shape index (κ2) is 5.39. The molecule has 0 aromatic heterocycles. The van der Waals surface area contributed by atoms with Crippen molar-refractivity contribution in [2.45, 2.75) is 6.92 Å². The number of nitro groups is 1. The number of para-hydroxylation sites is 2. The smallest absolute Gasteiger partial charge is 0.269 e. The van der Waals surface area contributed by atoms with Gasteiger partial charge in [-0.05, 0) is 30.7 Å². The second-order valence-corrected chi connectivity index (χ2v) is 3.96. The summed E-state index contributed by atoms with van der Waals surface area (Å²) in [5.41, 5.74) is 0.741. The van der Waals surface area contributed by atoms with E-state index in [0.717, 1.165) is 0 Å². The highest BCUT2D eigenvalue weighted by Gasteiger charge is 2.11. The number of rotatable bonds is 4. The molecule has 2 aromatic rings. The van der Waals surface area contributed by atoms with Crippen LogP contribution in [-0.4, -0.2) is 12.0 Å². The highest BCUT2D eigenvalue weighted by Crippen LogP contribution is 2.33. The van der Waals surface area contributed by atoms with Crippen LogP contribution in [-0.2, 0) is 0 Å². The molecule has 0 aliphatic rings. The minimum Gasteiger partial charge on any atom is -0.493 e. The topological polar surface area (TPSA) is 61.6 Å². The fourth-order valence-corrected chi connectivity index (χ4v) is 1.68. The van der Waals surface area contributed by atoms with Crippen LogP contribution in [0.25, 0.3) is 0 Å². The normalized spacial score (nSPS) is 10.0. The predicted octanol–water partition coefficient (Wildman–Crippen LogP) is 3.70. The number of nitrogens with zero attached hydrogens (tertiary/aromatic N) is 1. The maximum absolute atomic E-state index is 10.7. The lowest BCUT2D eigenvalue weighted by Crippen LogP contribution is -1.93. The van der Waals surface area contributed by atoms with Crippen molar-refractivity contribution in [2.24, 2.45) is 0 Å². The fourth-order valence-electron chi connectivity index (χ4n) is 1.68. The van der Waals surface area contributed by atoms with Crippen molar-refractivity contribution < 1.29 is 14.4 Å². The molecule has 0 amide bonds. The number of non-ortho nitro benzene ring substituents is 1. The Hall–Kier alpha value is -2.56. The van der Waals surface area contributed by atoms with Crippen LogP contribution in [0.5, 0.6) is 17.2 Å². The largest absolute Gasteiger partial charge is 0.493 e. The SMILES string of the molecule is COc1ccccc1Oc1ccc([N+](=O)[O-])cc1C. The van der Waals surface area contributed by atoms with Gasteiger partial charge in [0.2, 0.25) is 0 Å². The first-order valence-corrected chi connectivity index (χ1v) is 5.67. The van der Waals surface area contributed by atoms with Crippen molar-refractivity contribution >= 4 is 5.69 Å². The lowest BCUT2D eigenvalue weighted by Gasteiger charge is -2.11. The molecule has 5 nitrogen and oxygen atoms in total. The minimum absolute atomic E-state index is 0.0462. The Morgan fingerprint density at radius 2 is 1.74 bits per heavy atom. The van der Waals surface area contributed by atoms with E-state index in [1.807, 2.05) is 12.1 Å². The molecule has 0 N–H and O–H groups in total. The first-order chi connectivity index (χ1) is 9.11. The third kappa shape index (κ3) is 2.82. The Bertz CT molecular complexity index is 610. The number of hydrogen-bond donors (Lipinski definition) is 0. The third-order valence-corrected chi connectivity index (χ3v) is 2.66. The molecular weight excluding hydrogens is 246 g/mol. The Morgan fingerprint density at radius 1 is 1.05 bits per heavy atom. The van der Waals surface area contributed by atoms with Crippen LogP contribution in [0, 0.1) is 17.0 Å². The predicted molar refractivity (Wildman–Crippen MR) is 70.9 cm³/mol. The highest BCUT2D eigenvalue weighted by atomic mass is 16.6. The number of benzene rings is 2. The van der Waals surface area contributed by atoms with Gasteiger partial charge in [-0.3, -0.25) is 10.1 Å². The summed E-state index contributed by atoms with van der Waals surface area (Å²) in [6.07, 6.45) is 0. The van der Waals surface area contributed by atoms with Crippen LogP contribution >= 0.6 is 0 Å². The third-order valence-electron chi connectivity index (χ3n) is 2.66. The maximum Gasteiger partial charge on any atom is 0.269 e. The number of hydrogen-bond acceptors (Lipinski definition) is 4. The summed E-state index contributed by atoms with van der Waals surface area (Å²) in [7, 11) is 1.56. The van der Waals surface area contributed by atoms with Crippen molar-refractivity contribution in [3.8, 4) is 17.2 Å². The zero-order valence-electron chi connectivity index (χ0n) is 10.6. The highest BCUT2D eigenvalue weighted by molar-refractivity contribution is 5.47. The van der Waals surface area contributed by atoms with Gasteiger partial charge in [-0.1, -0.05) is 12.1 Å². The summed E-state index contributed by atoms with van der Waals surface area (Å²) in [5, 5.41) is 10.7. The minimum atomic E-state index is -0.431. The van der Waals surface area contributed by atoms with E-state index in [4.69, 9.17) is 9.47 Å². The molecular formula is C14H13NO4. The van der Waals surface area contributed by atoms with Crippen molar-refractivity contribution in [1.82, 2.24) is 0 Å². The number of nitro benzene ring substituents is 1. The van der Waals surface area contributed by atoms with Crippen LogP contribution in [0.2, 0.25) is 0 Å². The molecule has 0 aliphatic carbocycles. The van der Waals surface area contributed by atoms with Gasteiger partial charge >= 0.3 is 0 Å². The van der Waals surface area contributed by atoms with E-state index in [9.17, 15) is 10.1 Å². The molecule has 0 aliphatic heterocycles.